The van der Waals surface area contributed by atoms with Crippen molar-refractivity contribution in [3.63, 3.8) is 0 Å². The molecular formula is C15H17BrF3N3S. The van der Waals surface area contributed by atoms with Crippen LogP contribution >= 0.6 is 28.3 Å². The van der Waals surface area contributed by atoms with E-state index in [4.69, 9.17) is 5.73 Å². The number of benzene rings is 1. The monoisotopic (exact) mass is 407 g/mol. The summed E-state index contributed by atoms with van der Waals surface area (Å²) in [6.45, 7) is 0. The van der Waals surface area contributed by atoms with Gasteiger partial charge in [0, 0.05) is 16.8 Å². The summed E-state index contributed by atoms with van der Waals surface area (Å²) in [5.74, 6) is 0. The maximum absolute atomic E-state index is 12.7. The molecule has 0 saturated carbocycles. The summed E-state index contributed by atoms with van der Waals surface area (Å²) in [4.78, 5) is 5.42. The van der Waals surface area contributed by atoms with E-state index in [9.17, 15) is 13.2 Å². The van der Waals surface area contributed by atoms with Crippen LogP contribution in [0, 0.1) is 0 Å². The molecule has 0 aliphatic heterocycles. The molecule has 2 aromatic rings. The topological polar surface area (TPSA) is 50.9 Å². The number of nitrogen functional groups attached to an aromatic ring is 1. The number of aryl methyl sites for hydroxylation is 1. The molecule has 1 unspecified atom stereocenters. The zero-order valence-corrected chi connectivity index (χ0v) is 14.9. The molecule has 0 fully saturated rings. The van der Waals surface area contributed by atoms with Crippen LogP contribution in [-0.4, -0.2) is 12.0 Å². The largest absolute Gasteiger partial charge is 0.416 e. The molecule has 23 heavy (non-hydrogen) atoms. The van der Waals surface area contributed by atoms with Gasteiger partial charge in [-0.3, -0.25) is 0 Å². The number of nitrogens with one attached hydrogen (secondary N) is 1. The zero-order chi connectivity index (χ0) is 16.0. The third kappa shape index (κ3) is 3.39. The second-order valence-electron chi connectivity index (χ2n) is 5.51. The molecule has 126 valence electrons. The molecule has 0 spiro atoms. The van der Waals surface area contributed by atoms with Crippen molar-refractivity contribution in [1.82, 2.24) is 10.3 Å². The van der Waals surface area contributed by atoms with E-state index in [1.807, 2.05) is 7.05 Å². The van der Waals surface area contributed by atoms with Gasteiger partial charge in [-0.2, -0.15) is 13.2 Å². The molecule has 0 amide bonds. The molecule has 1 atom stereocenters. The lowest BCUT2D eigenvalue weighted by Crippen LogP contribution is -2.44. The molecule has 0 saturated heterocycles. The number of hydrogen-bond donors (Lipinski definition) is 2. The number of hydrogen-bond acceptors (Lipinski definition) is 4. The Kier molecular flexibility index (Phi) is 5.08. The van der Waals surface area contributed by atoms with Crippen molar-refractivity contribution < 1.29 is 13.2 Å². The van der Waals surface area contributed by atoms with Gasteiger partial charge in [0.25, 0.3) is 0 Å². The van der Waals surface area contributed by atoms with E-state index in [1.165, 1.54) is 11.3 Å². The highest BCUT2D eigenvalue weighted by Gasteiger charge is 2.37. The number of fused-ring (bicyclic) bond motifs is 1. The minimum atomic E-state index is -4.31. The SMILES string of the molecule is Br.CNC1(c2ccc(C(F)(F)F)cc2)CCc2nc(N)sc2C1. The number of nitrogens with two attached hydrogens (primary N) is 1. The average molecular weight is 408 g/mol. The van der Waals surface area contributed by atoms with Gasteiger partial charge < -0.3 is 11.1 Å². The van der Waals surface area contributed by atoms with Gasteiger partial charge in [-0.25, -0.2) is 4.98 Å². The van der Waals surface area contributed by atoms with Gasteiger partial charge in [-0.1, -0.05) is 12.1 Å². The number of anilines is 1. The summed E-state index contributed by atoms with van der Waals surface area (Å²) >= 11 is 1.46. The normalized spacial score (nSPS) is 20.7. The minimum Gasteiger partial charge on any atom is -0.375 e. The highest BCUT2D eigenvalue weighted by atomic mass is 79.9. The summed E-state index contributed by atoms with van der Waals surface area (Å²) in [6.07, 6.45) is -2.06. The molecular weight excluding hydrogens is 391 g/mol. The number of alkyl halides is 3. The van der Waals surface area contributed by atoms with Crippen molar-refractivity contribution in [3.8, 4) is 0 Å². The molecule has 3 N–H and O–H groups in total. The molecule has 1 aromatic heterocycles. The maximum atomic E-state index is 12.7. The van der Waals surface area contributed by atoms with E-state index in [1.54, 1.807) is 12.1 Å². The predicted octanol–water partition coefficient (Wildman–Crippen LogP) is 3.93. The van der Waals surface area contributed by atoms with Crippen LogP contribution in [0.2, 0.25) is 0 Å². The summed E-state index contributed by atoms with van der Waals surface area (Å²) in [5.41, 5.74) is 6.64. The smallest absolute Gasteiger partial charge is 0.375 e. The third-order valence-corrected chi connectivity index (χ3v) is 5.22. The van der Waals surface area contributed by atoms with Crippen LogP contribution in [0.3, 0.4) is 0 Å². The number of aromatic nitrogens is 1. The van der Waals surface area contributed by atoms with Gasteiger partial charge >= 0.3 is 6.18 Å². The molecule has 1 aromatic carbocycles. The van der Waals surface area contributed by atoms with Gasteiger partial charge in [0.15, 0.2) is 5.13 Å². The third-order valence-electron chi connectivity index (χ3n) is 4.29. The van der Waals surface area contributed by atoms with Crippen LogP contribution in [0.5, 0.6) is 0 Å². The molecule has 1 aliphatic carbocycles. The standard InChI is InChI=1S/C15H16F3N3S.BrH/c1-20-14(7-6-11-12(8-14)22-13(19)21-11)9-2-4-10(5-3-9)15(16,17)18;/h2-5,20H,6-8H2,1H3,(H2,19,21);1H. The van der Waals surface area contributed by atoms with Crippen molar-refractivity contribution in [2.45, 2.75) is 31.0 Å². The first-order valence-corrected chi connectivity index (χ1v) is 7.76. The van der Waals surface area contributed by atoms with Gasteiger partial charge in [-0.05, 0) is 37.6 Å². The summed E-state index contributed by atoms with van der Waals surface area (Å²) in [7, 11) is 1.84. The maximum Gasteiger partial charge on any atom is 0.416 e. The Morgan fingerprint density at radius 1 is 1.26 bits per heavy atom. The molecule has 8 heteroatoms. The second-order valence-corrected chi connectivity index (χ2v) is 6.62. The summed E-state index contributed by atoms with van der Waals surface area (Å²) in [5, 5.41) is 3.84. The number of thiazole rings is 1. The quantitative estimate of drug-likeness (QED) is 0.792. The van der Waals surface area contributed by atoms with E-state index >= 15 is 0 Å². The van der Waals surface area contributed by atoms with Gasteiger partial charge in [0.05, 0.1) is 11.3 Å². The molecule has 1 heterocycles. The van der Waals surface area contributed by atoms with Crippen LogP contribution in [0.1, 0.15) is 28.1 Å². The van der Waals surface area contributed by atoms with Crippen molar-refractivity contribution in [2.24, 2.45) is 0 Å². The fraction of sp³-hybridized carbons (Fsp3) is 0.400. The lowest BCUT2D eigenvalue weighted by molar-refractivity contribution is -0.137. The van der Waals surface area contributed by atoms with E-state index in [0.717, 1.165) is 41.1 Å². The Hall–Kier alpha value is -1.12. The van der Waals surface area contributed by atoms with Crippen LogP contribution in [-0.2, 0) is 24.6 Å². The Balaban J connectivity index is 0.00000192. The molecule has 0 radical (unpaired) electrons. The van der Waals surface area contributed by atoms with Gasteiger partial charge in [0.2, 0.25) is 0 Å². The van der Waals surface area contributed by atoms with Crippen molar-refractivity contribution in [2.75, 3.05) is 12.8 Å². The Labute approximate surface area is 146 Å². The van der Waals surface area contributed by atoms with Gasteiger partial charge in [0.1, 0.15) is 0 Å². The Morgan fingerprint density at radius 3 is 2.48 bits per heavy atom. The number of likely N-dealkylation sites (N-methyl/N-ethyl adjacent to an activating group) is 1. The lowest BCUT2D eigenvalue weighted by atomic mass is 9.77. The average Bonchev–Trinajstić information content (AvgIpc) is 2.85. The van der Waals surface area contributed by atoms with Crippen LogP contribution in [0.15, 0.2) is 24.3 Å². The van der Waals surface area contributed by atoms with Crippen molar-refractivity contribution in [3.05, 3.63) is 46.0 Å². The van der Waals surface area contributed by atoms with E-state index in [0.29, 0.717) is 11.6 Å². The number of rotatable bonds is 2. The van der Waals surface area contributed by atoms with E-state index in [-0.39, 0.29) is 22.5 Å². The highest BCUT2D eigenvalue weighted by Crippen LogP contribution is 2.40. The molecule has 0 bridgehead atoms. The number of nitrogens with zero attached hydrogens (tertiary/aromatic N) is 1. The fourth-order valence-electron chi connectivity index (χ4n) is 3.01. The molecule has 1 aliphatic rings. The lowest BCUT2D eigenvalue weighted by Gasteiger charge is -2.37. The van der Waals surface area contributed by atoms with Crippen LogP contribution < -0.4 is 11.1 Å². The minimum absolute atomic E-state index is 0. The molecule has 3 rings (SSSR count). The molecule has 3 nitrogen and oxygen atoms in total. The van der Waals surface area contributed by atoms with E-state index in [2.05, 4.69) is 10.3 Å². The number of halogens is 4. The zero-order valence-electron chi connectivity index (χ0n) is 12.4. The summed E-state index contributed by atoms with van der Waals surface area (Å²) in [6, 6.07) is 5.42. The first-order chi connectivity index (χ1) is 10.3. The predicted molar refractivity (Wildman–Crippen MR) is 91.1 cm³/mol. The fourth-order valence-corrected chi connectivity index (χ4v) is 4.01. The van der Waals surface area contributed by atoms with Crippen LogP contribution in [0.25, 0.3) is 0 Å². The highest BCUT2D eigenvalue weighted by molar-refractivity contribution is 8.93. The first kappa shape index (κ1) is 18.2. The van der Waals surface area contributed by atoms with E-state index < -0.39 is 11.7 Å². The van der Waals surface area contributed by atoms with Crippen molar-refractivity contribution >= 4 is 33.4 Å². The first-order valence-electron chi connectivity index (χ1n) is 6.95. The Bertz CT molecular complexity index is 684. The second kappa shape index (κ2) is 6.41. The van der Waals surface area contributed by atoms with Crippen molar-refractivity contribution in [1.29, 1.82) is 0 Å². The van der Waals surface area contributed by atoms with Gasteiger partial charge in [-0.15, -0.1) is 28.3 Å². The summed E-state index contributed by atoms with van der Waals surface area (Å²) < 4.78 is 38.1. The Morgan fingerprint density at radius 2 is 1.91 bits per heavy atom. The van der Waals surface area contributed by atoms with Crippen LogP contribution in [0.4, 0.5) is 18.3 Å².